The molecule has 1 unspecified atom stereocenters. The molecule has 3 heterocycles. The number of hydrogen-bond donors (Lipinski definition) is 1. The Bertz CT molecular complexity index is 1220. The number of aromatic nitrogens is 1. The normalized spacial score (nSPS) is 17.7. The summed E-state index contributed by atoms with van der Waals surface area (Å²) in [5.74, 6) is 2.30. The molecule has 3 aromatic rings. The summed E-state index contributed by atoms with van der Waals surface area (Å²) in [6.45, 7) is 5.65. The number of carbonyl (C=O) groups excluding carboxylic acids is 1. The highest BCUT2D eigenvalue weighted by Crippen LogP contribution is 2.41. The third-order valence-corrected chi connectivity index (χ3v) is 7.27. The minimum absolute atomic E-state index is 0.0655. The van der Waals surface area contributed by atoms with Gasteiger partial charge in [-0.25, -0.2) is 4.79 Å². The molecular weight excluding hydrogens is 458 g/mol. The summed E-state index contributed by atoms with van der Waals surface area (Å²) < 4.78 is 22.5. The monoisotopic (exact) mass is 493 g/mol. The van der Waals surface area contributed by atoms with Crippen molar-refractivity contribution in [3.8, 4) is 17.2 Å². The first-order valence-electron chi connectivity index (χ1n) is 12.7. The molecule has 2 aliphatic rings. The molecule has 36 heavy (non-hydrogen) atoms. The first kappa shape index (κ1) is 24.3. The van der Waals surface area contributed by atoms with E-state index in [0.717, 1.165) is 47.2 Å². The Kier molecular flexibility index (Phi) is 7.23. The van der Waals surface area contributed by atoms with Gasteiger partial charge in [-0.15, -0.1) is 0 Å². The molecule has 1 atom stereocenters. The lowest BCUT2D eigenvalue weighted by atomic mass is 9.88. The lowest BCUT2D eigenvalue weighted by Gasteiger charge is -2.41. The minimum atomic E-state index is -0.0655. The van der Waals surface area contributed by atoms with Gasteiger partial charge in [0.05, 0.1) is 40.1 Å². The van der Waals surface area contributed by atoms with E-state index in [1.807, 2.05) is 28.9 Å². The van der Waals surface area contributed by atoms with Crippen LogP contribution in [-0.4, -0.2) is 74.5 Å². The van der Waals surface area contributed by atoms with E-state index in [4.69, 9.17) is 18.9 Å². The van der Waals surface area contributed by atoms with Crippen molar-refractivity contribution in [1.82, 2.24) is 14.8 Å². The summed E-state index contributed by atoms with van der Waals surface area (Å²) >= 11 is 0. The highest BCUT2D eigenvalue weighted by atomic mass is 16.5. The van der Waals surface area contributed by atoms with Crippen molar-refractivity contribution in [1.29, 1.82) is 0 Å². The van der Waals surface area contributed by atoms with Crippen LogP contribution in [0.15, 0.2) is 36.5 Å². The van der Waals surface area contributed by atoms with E-state index in [1.54, 1.807) is 14.2 Å². The molecule has 0 saturated carbocycles. The van der Waals surface area contributed by atoms with Crippen molar-refractivity contribution in [3.05, 3.63) is 53.2 Å². The molecule has 0 radical (unpaired) electrons. The predicted octanol–water partition coefficient (Wildman–Crippen LogP) is 4.57. The molecule has 2 aromatic carbocycles. The van der Waals surface area contributed by atoms with E-state index in [1.165, 1.54) is 11.1 Å². The van der Waals surface area contributed by atoms with Crippen LogP contribution >= 0.6 is 0 Å². The molecule has 192 valence electrons. The number of rotatable bonds is 7. The van der Waals surface area contributed by atoms with Gasteiger partial charge in [0.2, 0.25) is 0 Å². The number of aryl methyl sites for hydroxylation is 1. The average molecular weight is 494 g/mol. The van der Waals surface area contributed by atoms with E-state index in [0.29, 0.717) is 45.2 Å². The van der Waals surface area contributed by atoms with Crippen LogP contribution in [0.25, 0.3) is 10.9 Å². The molecule has 1 saturated heterocycles. The molecule has 1 fully saturated rings. The van der Waals surface area contributed by atoms with Crippen LogP contribution in [0.3, 0.4) is 0 Å². The number of fused-ring (bicyclic) bond motifs is 2. The van der Waals surface area contributed by atoms with Crippen molar-refractivity contribution in [2.24, 2.45) is 0 Å². The second kappa shape index (κ2) is 10.7. The number of methoxy groups -OCH3 is 2. The van der Waals surface area contributed by atoms with Gasteiger partial charge in [0, 0.05) is 36.7 Å². The number of nitrogens with zero attached hydrogens (tertiary/aromatic N) is 2. The second-order valence-corrected chi connectivity index (χ2v) is 9.24. The van der Waals surface area contributed by atoms with E-state index in [9.17, 15) is 4.79 Å². The third kappa shape index (κ3) is 4.69. The van der Waals surface area contributed by atoms with Gasteiger partial charge in [0.1, 0.15) is 5.75 Å². The van der Waals surface area contributed by atoms with Crippen molar-refractivity contribution in [2.75, 3.05) is 53.7 Å². The van der Waals surface area contributed by atoms with E-state index < -0.39 is 0 Å². The Hall–Kier alpha value is -3.39. The summed E-state index contributed by atoms with van der Waals surface area (Å²) in [7, 11) is 3.35. The first-order chi connectivity index (χ1) is 17.6. The van der Waals surface area contributed by atoms with E-state index in [2.05, 4.69) is 29.4 Å². The van der Waals surface area contributed by atoms with E-state index >= 15 is 0 Å². The fraction of sp³-hybridized carbons (Fsp3) is 0.464. The van der Waals surface area contributed by atoms with E-state index in [-0.39, 0.29) is 12.1 Å². The molecule has 1 N–H and O–H groups in total. The molecular formula is C28H35N3O5. The molecule has 0 aliphatic carbocycles. The fourth-order valence-electron chi connectivity index (χ4n) is 5.40. The summed E-state index contributed by atoms with van der Waals surface area (Å²) in [6.07, 6.45) is 4.47. The Balaban J connectivity index is 1.48. The summed E-state index contributed by atoms with van der Waals surface area (Å²) in [5, 5.41) is 1.15. The van der Waals surface area contributed by atoms with Gasteiger partial charge < -0.3 is 33.7 Å². The number of amides is 2. The van der Waals surface area contributed by atoms with Crippen LogP contribution in [0.2, 0.25) is 0 Å². The number of nitrogens with one attached hydrogen (secondary N) is 1. The van der Waals surface area contributed by atoms with Crippen molar-refractivity contribution < 1.29 is 23.7 Å². The van der Waals surface area contributed by atoms with Crippen molar-refractivity contribution in [3.63, 3.8) is 0 Å². The van der Waals surface area contributed by atoms with Gasteiger partial charge in [-0.2, -0.15) is 0 Å². The summed E-state index contributed by atoms with van der Waals surface area (Å²) in [5.41, 5.74) is 4.66. The summed E-state index contributed by atoms with van der Waals surface area (Å²) in [4.78, 5) is 21.0. The van der Waals surface area contributed by atoms with Gasteiger partial charge in [-0.1, -0.05) is 0 Å². The van der Waals surface area contributed by atoms with Crippen LogP contribution in [0.4, 0.5) is 4.79 Å². The van der Waals surface area contributed by atoms with Gasteiger partial charge >= 0.3 is 6.03 Å². The largest absolute Gasteiger partial charge is 0.497 e. The van der Waals surface area contributed by atoms with Crippen LogP contribution < -0.4 is 14.2 Å². The quantitative estimate of drug-likeness (QED) is 0.522. The van der Waals surface area contributed by atoms with Crippen LogP contribution in [-0.2, 0) is 17.6 Å². The lowest BCUT2D eigenvalue weighted by Crippen LogP contribution is -2.51. The number of H-pyrrole nitrogens is 1. The predicted molar refractivity (Wildman–Crippen MR) is 138 cm³/mol. The average Bonchev–Trinajstić information content (AvgIpc) is 3.33. The Labute approximate surface area is 212 Å². The Morgan fingerprint density at radius 3 is 2.67 bits per heavy atom. The van der Waals surface area contributed by atoms with Crippen molar-refractivity contribution in [2.45, 2.75) is 32.2 Å². The van der Waals surface area contributed by atoms with Crippen LogP contribution in [0, 0.1) is 0 Å². The topological polar surface area (TPSA) is 76.3 Å². The molecule has 1 aromatic heterocycles. The number of urea groups is 1. The molecule has 2 aliphatic heterocycles. The zero-order valence-corrected chi connectivity index (χ0v) is 21.3. The molecule has 8 heteroatoms. The molecule has 2 amide bonds. The Morgan fingerprint density at radius 1 is 1.08 bits per heavy atom. The number of ether oxygens (including phenoxy) is 4. The fourth-order valence-corrected chi connectivity index (χ4v) is 5.40. The second-order valence-electron chi connectivity index (χ2n) is 9.24. The maximum atomic E-state index is 13.7. The highest BCUT2D eigenvalue weighted by Gasteiger charge is 2.34. The minimum Gasteiger partial charge on any atom is -0.497 e. The number of morpholine rings is 1. The molecule has 8 nitrogen and oxygen atoms in total. The Morgan fingerprint density at radius 2 is 1.92 bits per heavy atom. The van der Waals surface area contributed by atoms with Gasteiger partial charge in [0.15, 0.2) is 11.5 Å². The van der Waals surface area contributed by atoms with Gasteiger partial charge in [0.25, 0.3) is 0 Å². The van der Waals surface area contributed by atoms with Crippen molar-refractivity contribution >= 4 is 16.9 Å². The first-order valence-corrected chi connectivity index (χ1v) is 12.7. The van der Waals surface area contributed by atoms with Gasteiger partial charge in [-0.05, 0) is 73.2 Å². The number of aromatic amines is 1. The van der Waals surface area contributed by atoms with Gasteiger partial charge in [-0.3, -0.25) is 0 Å². The molecule has 0 bridgehead atoms. The lowest BCUT2D eigenvalue weighted by molar-refractivity contribution is 0.0376. The summed E-state index contributed by atoms with van der Waals surface area (Å²) in [6, 6.07) is 10.3. The highest BCUT2D eigenvalue weighted by molar-refractivity contribution is 5.84. The molecule has 0 spiro atoms. The van der Waals surface area contributed by atoms with Crippen LogP contribution in [0.5, 0.6) is 17.2 Å². The maximum absolute atomic E-state index is 13.7. The standard InChI is InChI=1S/C28H35N3O5/c1-4-36-27-15-19-9-10-31(28(32)30-11-13-35-14-12-30)25(23(19)17-26(27)34-3)8-5-20-18-29-24-7-6-21(33-2)16-22(20)24/h6-7,15-18,25,29H,4-5,8-14H2,1-3H3. The third-order valence-electron chi connectivity index (χ3n) is 7.27. The zero-order valence-electron chi connectivity index (χ0n) is 21.3. The zero-order chi connectivity index (χ0) is 25.1. The smallest absolute Gasteiger partial charge is 0.320 e. The number of benzene rings is 2. The number of carbonyl (C=O) groups is 1. The number of hydrogen-bond acceptors (Lipinski definition) is 5. The molecule has 5 rings (SSSR count). The van der Waals surface area contributed by atoms with Crippen LogP contribution in [0.1, 0.15) is 36.1 Å². The maximum Gasteiger partial charge on any atom is 0.320 e. The SMILES string of the molecule is CCOc1cc2c(cc1OC)C(CCc1c[nH]c3ccc(OC)cc13)N(C(=O)N1CCOCC1)CC2.